The van der Waals surface area contributed by atoms with Gasteiger partial charge in [-0.3, -0.25) is 4.79 Å². The summed E-state index contributed by atoms with van der Waals surface area (Å²) in [4.78, 5) is 23.3. The third-order valence-electron chi connectivity index (χ3n) is 5.61. The average molecular weight is 470 g/mol. The lowest BCUT2D eigenvalue weighted by atomic mass is 9.85. The number of hydrogen-bond acceptors (Lipinski definition) is 6. The summed E-state index contributed by atoms with van der Waals surface area (Å²) in [6.45, 7) is 0.443. The molecule has 7 nitrogen and oxygen atoms in total. The monoisotopic (exact) mass is 469 g/mol. The summed E-state index contributed by atoms with van der Waals surface area (Å²) in [5.41, 5.74) is 2.87. The molecule has 0 radical (unpaired) electrons. The molecular formula is C22H33Cl2N5O2. The van der Waals surface area contributed by atoms with Crippen LogP contribution in [0.5, 0.6) is 5.75 Å². The van der Waals surface area contributed by atoms with E-state index in [1.807, 2.05) is 56.6 Å². The molecule has 0 unspecified atom stereocenters. The van der Waals surface area contributed by atoms with Gasteiger partial charge in [0.05, 0.1) is 7.11 Å². The molecule has 0 bridgehead atoms. The van der Waals surface area contributed by atoms with E-state index in [9.17, 15) is 4.79 Å². The maximum atomic E-state index is 12.6. The molecule has 1 heterocycles. The Balaban J connectivity index is 0.00000240. The van der Waals surface area contributed by atoms with E-state index in [-0.39, 0.29) is 36.6 Å². The second-order valence-corrected chi connectivity index (χ2v) is 7.75. The van der Waals surface area contributed by atoms with E-state index in [1.54, 1.807) is 7.11 Å². The van der Waals surface area contributed by atoms with Gasteiger partial charge < -0.3 is 20.3 Å². The first-order chi connectivity index (χ1) is 14.0. The van der Waals surface area contributed by atoms with Crippen molar-refractivity contribution in [2.45, 2.75) is 38.3 Å². The molecule has 1 amide bonds. The Labute approximate surface area is 197 Å². The fourth-order valence-corrected chi connectivity index (χ4v) is 3.77. The lowest BCUT2D eigenvalue weighted by Gasteiger charge is -2.27. The van der Waals surface area contributed by atoms with Gasteiger partial charge in [0.25, 0.3) is 0 Å². The number of halogens is 2. The van der Waals surface area contributed by atoms with Gasteiger partial charge in [0.2, 0.25) is 11.9 Å². The number of carbonyl (C=O) groups is 1. The first-order valence-corrected chi connectivity index (χ1v) is 10.1. The van der Waals surface area contributed by atoms with Crippen molar-refractivity contribution in [2.24, 2.45) is 5.92 Å². The number of carbonyl (C=O) groups excluding carboxylic acids is 1. The minimum absolute atomic E-state index is 0. The second kappa shape index (κ2) is 12.7. The first kappa shape index (κ1) is 26.9. The minimum atomic E-state index is 0. The molecule has 2 N–H and O–H groups in total. The zero-order valence-electron chi connectivity index (χ0n) is 18.6. The third kappa shape index (κ3) is 6.95. The number of hydrogen-bond donors (Lipinski definition) is 2. The number of nitrogens with zero attached hydrogens (tertiary/aromatic N) is 3. The van der Waals surface area contributed by atoms with Crippen LogP contribution in [0.25, 0.3) is 11.1 Å². The maximum Gasteiger partial charge on any atom is 0.224 e. The molecule has 1 fully saturated rings. The van der Waals surface area contributed by atoms with Crippen LogP contribution in [-0.4, -0.2) is 50.2 Å². The van der Waals surface area contributed by atoms with E-state index in [4.69, 9.17) is 4.74 Å². The van der Waals surface area contributed by atoms with Gasteiger partial charge >= 0.3 is 0 Å². The van der Waals surface area contributed by atoms with Gasteiger partial charge in [-0.05, 0) is 50.4 Å². The molecule has 0 atom stereocenters. The minimum Gasteiger partial charge on any atom is -0.496 e. The molecule has 1 aromatic heterocycles. The predicted molar refractivity (Wildman–Crippen MR) is 129 cm³/mol. The Kier molecular flexibility index (Phi) is 11.0. The Bertz CT molecular complexity index is 825. The summed E-state index contributed by atoms with van der Waals surface area (Å²) in [6.07, 6.45) is 7.60. The van der Waals surface area contributed by atoms with Crippen LogP contribution in [0.4, 0.5) is 5.95 Å². The number of benzene rings is 1. The molecule has 3 rings (SSSR count). The highest BCUT2D eigenvalue weighted by Gasteiger charge is 2.25. The molecule has 0 spiro atoms. The number of aromatic nitrogens is 2. The molecule has 1 aliphatic rings. The number of methoxy groups -OCH3 is 1. The van der Waals surface area contributed by atoms with Crippen molar-refractivity contribution in [2.75, 3.05) is 33.2 Å². The van der Waals surface area contributed by atoms with E-state index in [1.165, 1.54) is 0 Å². The second-order valence-electron chi connectivity index (χ2n) is 7.75. The van der Waals surface area contributed by atoms with Gasteiger partial charge in [0.1, 0.15) is 5.75 Å². The first-order valence-electron chi connectivity index (χ1n) is 10.1. The van der Waals surface area contributed by atoms with Crippen molar-refractivity contribution in [1.82, 2.24) is 20.6 Å². The van der Waals surface area contributed by atoms with Crippen LogP contribution in [0.1, 0.15) is 31.2 Å². The van der Waals surface area contributed by atoms with E-state index < -0.39 is 0 Å². The zero-order valence-corrected chi connectivity index (χ0v) is 20.2. The topological polar surface area (TPSA) is 79.4 Å². The highest BCUT2D eigenvalue weighted by Crippen LogP contribution is 2.27. The number of nitrogens with one attached hydrogen (secondary N) is 2. The number of rotatable bonds is 7. The summed E-state index contributed by atoms with van der Waals surface area (Å²) >= 11 is 0. The van der Waals surface area contributed by atoms with Crippen LogP contribution < -0.4 is 20.3 Å². The van der Waals surface area contributed by atoms with Gasteiger partial charge in [-0.15, -0.1) is 24.8 Å². The SMILES string of the molecule is CNC1CCC(C(=O)NCc2cc(-c3cnc(N(C)C)nc3)ccc2OC)CC1.Cl.Cl. The number of amides is 1. The van der Waals surface area contributed by atoms with E-state index in [0.717, 1.165) is 48.1 Å². The van der Waals surface area contributed by atoms with Crippen molar-refractivity contribution in [1.29, 1.82) is 0 Å². The largest absolute Gasteiger partial charge is 0.496 e. The van der Waals surface area contributed by atoms with Crippen LogP contribution >= 0.6 is 24.8 Å². The lowest BCUT2D eigenvalue weighted by Crippen LogP contribution is -2.37. The van der Waals surface area contributed by atoms with Gasteiger partial charge in [-0.25, -0.2) is 9.97 Å². The Morgan fingerprint density at radius 1 is 1.10 bits per heavy atom. The predicted octanol–water partition coefficient (Wildman–Crippen LogP) is 3.46. The van der Waals surface area contributed by atoms with Crippen LogP contribution in [0.3, 0.4) is 0 Å². The molecule has 172 valence electrons. The van der Waals surface area contributed by atoms with Crippen molar-refractivity contribution in [3.8, 4) is 16.9 Å². The van der Waals surface area contributed by atoms with Crippen LogP contribution in [0.15, 0.2) is 30.6 Å². The highest BCUT2D eigenvalue weighted by molar-refractivity contribution is 5.85. The summed E-state index contributed by atoms with van der Waals surface area (Å²) in [7, 11) is 7.46. The molecule has 9 heteroatoms. The van der Waals surface area contributed by atoms with Crippen LogP contribution in [0.2, 0.25) is 0 Å². The van der Waals surface area contributed by atoms with Crippen molar-refractivity contribution in [3.05, 3.63) is 36.2 Å². The summed E-state index contributed by atoms with van der Waals surface area (Å²) in [6, 6.07) is 6.48. The van der Waals surface area contributed by atoms with Crippen molar-refractivity contribution < 1.29 is 9.53 Å². The van der Waals surface area contributed by atoms with E-state index in [2.05, 4.69) is 20.6 Å². The Hall–Kier alpha value is -2.09. The van der Waals surface area contributed by atoms with E-state index in [0.29, 0.717) is 18.5 Å². The standard InChI is InChI=1S/C22H31N5O2.2ClH/c1-23-19-8-5-15(6-9-19)21(28)24-12-17-11-16(7-10-20(17)29-4)18-13-25-22(26-14-18)27(2)3;;/h7,10-11,13-15,19,23H,5-6,8-9,12H2,1-4H3,(H,24,28);2*1H. The molecule has 1 saturated carbocycles. The van der Waals surface area contributed by atoms with E-state index >= 15 is 0 Å². The normalized spacial score (nSPS) is 17.7. The van der Waals surface area contributed by atoms with Crippen molar-refractivity contribution in [3.63, 3.8) is 0 Å². The summed E-state index contributed by atoms with van der Waals surface area (Å²) < 4.78 is 5.50. The number of ether oxygens (including phenoxy) is 1. The molecule has 1 aromatic carbocycles. The smallest absolute Gasteiger partial charge is 0.224 e. The summed E-state index contributed by atoms with van der Waals surface area (Å²) in [5, 5.41) is 6.41. The van der Waals surface area contributed by atoms with Crippen LogP contribution in [-0.2, 0) is 11.3 Å². The van der Waals surface area contributed by atoms with Gasteiger partial charge in [0, 0.05) is 56.1 Å². The Morgan fingerprint density at radius 2 is 1.74 bits per heavy atom. The fraction of sp³-hybridized carbons (Fsp3) is 0.500. The number of anilines is 1. The van der Waals surface area contributed by atoms with Crippen molar-refractivity contribution >= 4 is 36.7 Å². The molecule has 1 aliphatic carbocycles. The molecule has 0 aliphatic heterocycles. The summed E-state index contributed by atoms with van der Waals surface area (Å²) in [5.74, 6) is 1.66. The maximum absolute atomic E-state index is 12.6. The molecule has 0 saturated heterocycles. The van der Waals surface area contributed by atoms with Crippen LogP contribution in [0, 0.1) is 5.92 Å². The highest BCUT2D eigenvalue weighted by atomic mass is 35.5. The van der Waals surface area contributed by atoms with Gasteiger partial charge in [0.15, 0.2) is 0 Å². The van der Waals surface area contributed by atoms with Gasteiger partial charge in [-0.1, -0.05) is 6.07 Å². The third-order valence-corrected chi connectivity index (χ3v) is 5.61. The lowest BCUT2D eigenvalue weighted by molar-refractivity contribution is -0.126. The average Bonchev–Trinajstić information content (AvgIpc) is 2.77. The Morgan fingerprint density at radius 3 is 2.29 bits per heavy atom. The molecule has 31 heavy (non-hydrogen) atoms. The molecule has 2 aromatic rings. The quantitative estimate of drug-likeness (QED) is 0.646. The molecular weight excluding hydrogens is 437 g/mol. The zero-order chi connectivity index (χ0) is 20.8. The van der Waals surface area contributed by atoms with Gasteiger partial charge in [-0.2, -0.15) is 0 Å². The fourth-order valence-electron chi connectivity index (χ4n) is 3.77.